The summed E-state index contributed by atoms with van der Waals surface area (Å²) in [5.74, 6) is 1.23. The first-order valence-electron chi connectivity index (χ1n) is 8.85. The molecule has 0 saturated heterocycles. The van der Waals surface area contributed by atoms with Crippen LogP contribution in [0.3, 0.4) is 0 Å². The van der Waals surface area contributed by atoms with Gasteiger partial charge < -0.3 is 14.8 Å². The fraction of sp³-hybridized carbons (Fsp3) is 0.300. The maximum Gasteiger partial charge on any atom is 0.329 e. The van der Waals surface area contributed by atoms with Crippen molar-refractivity contribution in [3.63, 3.8) is 0 Å². The summed E-state index contributed by atoms with van der Waals surface area (Å²) >= 11 is 0. The number of ether oxygens (including phenoxy) is 2. The van der Waals surface area contributed by atoms with E-state index in [1.807, 2.05) is 43.3 Å². The third kappa shape index (κ3) is 4.13. The molecule has 0 bridgehead atoms. The van der Waals surface area contributed by atoms with Crippen molar-refractivity contribution in [3.8, 4) is 11.5 Å². The lowest BCUT2D eigenvalue weighted by molar-refractivity contribution is -0.121. The highest BCUT2D eigenvalue weighted by Crippen LogP contribution is 2.16. The molecule has 0 aliphatic carbocycles. The van der Waals surface area contributed by atoms with E-state index in [4.69, 9.17) is 9.47 Å². The fourth-order valence-corrected chi connectivity index (χ4v) is 2.96. The molecule has 0 atom stereocenters. The zero-order chi connectivity index (χ0) is 19.2. The number of carbonyl (C=O) groups is 1. The molecule has 3 aromatic rings. The predicted octanol–water partition coefficient (Wildman–Crippen LogP) is 2.03. The molecular formula is C20H23N3O4. The monoisotopic (exact) mass is 369 g/mol. The van der Waals surface area contributed by atoms with Gasteiger partial charge >= 0.3 is 5.69 Å². The molecule has 0 aliphatic heterocycles. The van der Waals surface area contributed by atoms with Crippen molar-refractivity contribution in [2.75, 3.05) is 20.3 Å². The first-order chi connectivity index (χ1) is 13.1. The number of hydrogen-bond acceptors (Lipinski definition) is 4. The Morgan fingerprint density at radius 1 is 1.00 bits per heavy atom. The molecule has 0 fully saturated rings. The van der Waals surface area contributed by atoms with E-state index < -0.39 is 0 Å². The van der Waals surface area contributed by atoms with E-state index in [9.17, 15) is 9.59 Å². The third-order valence-electron chi connectivity index (χ3n) is 4.30. The summed E-state index contributed by atoms with van der Waals surface area (Å²) < 4.78 is 13.8. The number of methoxy groups -OCH3 is 1. The molecule has 7 heteroatoms. The number of aryl methyl sites for hydroxylation is 1. The first-order valence-corrected chi connectivity index (χ1v) is 8.85. The minimum absolute atomic E-state index is 0.0190. The van der Waals surface area contributed by atoms with E-state index in [-0.39, 0.29) is 18.1 Å². The number of nitrogens with one attached hydrogen (secondary N) is 1. The molecule has 2 aromatic carbocycles. The van der Waals surface area contributed by atoms with Gasteiger partial charge in [0.25, 0.3) is 0 Å². The van der Waals surface area contributed by atoms with Crippen molar-refractivity contribution < 1.29 is 14.3 Å². The topological polar surface area (TPSA) is 74.5 Å². The average Bonchev–Trinajstić information content (AvgIpc) is 2.97. The van der Waals surface area contributed by atoms with Crippen molar-refractivity contribution in [1.82, 2.24) is 14.5 Å². The summed E-state index contributed by atoms with van der Waals surface area (Å²) in [4.78, 5) is 24.8. The molecule has 1 N–H and O–H groups in total. The fourth-order valence-electron chi connectivity index (χ4n) is 2.96. The lowest BCUT2D eigenvalue weighted by Crippen LogP contribution is -2.35. The van der Waals surface area contributed by atoms with Crippen LogP contribution in [0.25, 0.3) is 11.0 Å². The SMILES string of the molecule is CCn1c(=O)n(CC(=O)NCCOc2ccc(OC)cc2)c2ccccc21. The van der Waals surface area contributed by atoms with Crippen molar-refractivity contribution >= 4 is 16.9 Å². The normalized spacial score (nSPS) is 10.7. The number of hydrogen-bond donors (Lipinski definition) is 1. The standard InChI is InChI=1S/C20H23N3O4/c1-3-22-17-6-4-5-7-18(17)23(20(22)25)14-19(24)21-12-13-27-16-10-8-15(26-2)9-11-16/h4-11H,3,12-14H2,1-2H3,(H,21,24). The van der Waals surface area contributed by atoms with Gasteiger partial charge in [0, 0.05) is 6.54 Å². The van der Waals surface area contributed by atoms with Crippen LogP contribution < -0.4 is 20.5 Å². The molecule has 0 spiro atoms. The third-order valence-corrected chi connectivity index (χ3v) is 4.30. The molecule has 0 radical (unpaired) electrons. The van der Waals surface area contributed by atoms with Gasteiger partial charge in [-0.25, -0.2) is 4.79 Å². The van der Waals surface area contributed by atoms with Crippen LogP contribution in [0.1, 0.15) is 6.92 Å². The Bertz CT molecular complexity index is 973. The molecule has 7 nitrogen and oxygen atoms in total. The van der Waals surface area contributed by atoms with Crippen molar-refractivity contribution in [2.24, 2.45) is 0 Å². The van der Waals surface area contributed by atoms with Gasteiger partial charge in [0.15, 0.2) is 0 Å². The van der Waals surface area contributed by atoms with E-state index >= 15 is 0 Å². The van der Waals surface area contributed by atoms with Crippen LogP contribution >= 0.6 is 0 Å². The zero-order valence-corrected chi connectivity index (χ0v) is 15.5. The molecule has 27 heavy (non-hydrogen) atoms. The Hall–Kier alpha value is -3.22. The highest BCUT2D eigenvalue weighted by molar-refractivity contribution is 5.80. The molecule has 0 aliphatic rings. The number of nitrogens with zero attached hydrogens (tertiary/aromatic N) is 2. The Balaban J connectivity index is 1.56. The van der Waals surface area contributed by atoms with Crippen molar-refractivity contribution in [1.29, 1.82) is 0 Å². The molecule has 0 unspecified atom stereocenters. The number of benzene rings is 2. The van der Waals surface area contributed by atoms with Gasteiger partial charge in [-0.05, 0) is 43.3 Å². The van der Waals surface area contributed by atoms with Crippen LogP contribution in [-0.2, 0) is 17.9 Å². The summed E-state index contributed by atoms with van der Waals surface area (Å²) in [6.45, 7) is 3.14. The summed E-state index contributed by atoms with van der Waals surface area (Å²) in [6.07, 6.45) is 0. The smallest absolute Gasteiger partial charge is 0.329 e. The molecule has 0 saturated carbocycles. The Morgan fingerprint density at radius 3 is 2.26 bits per heavy atom. The second kappa shape index (κ2) is 8.44. The Morgan fingerprint density at radius 2 is 1.63 bits per heavy atom. The highest BCUT2D eigenvalue weighted by atomic mass is 16.5. The van der Waals surface area contributed by atoms with Gasteiger partial charge in [0.05, 0.1) is 24.7 Å². The lowest BCUT2D eigenvalue weighted by Gasteiger charge is -2.09. The van der Waals surface area contributed by atoms with Crippen LogP contribution in [0.4, 0.5) is 0 Å². The van der Waals surface area contributed by atoms with Gasteiger partial charge in [0.1, 0.15) is 24.7 Å². The maximum atomic E-state index is 12.5. The molecular weight excluding hydrogens is 346 g/mol. The highest BCUT2D eigenvalue weighted by Gasteiger charge is 2.14. The van der Waals surface area contributed by atoms with E-state index in [2.05, 4.69) is 5.32 Å². The van der Waals surface area contributed by atoms with Crippen molar-refractivity contribution in [2.45, 2.75) is 20.0 Å². The van der Waals surface area contributed by atoms with E-state index in [1.165, 1.54) is 4.57 Å². The van der Waals surface area contributed by atoms with Crippen LogP contribution in [-0.4, -0.2) is 35.3 Å². The summed E-state index contributed by atoms with van der Waals surface area (Å²) in [5.41, 5.74) is 1.41. The predicted molar refractivity (Wildman–Crippen MR) is 103 cm³/mol. The number of carbonyl (C=O) groups excluding carboxylic acids is 1. The minimum atomic E-state index is -0.227. The van der Waals surface area contributed by atoms with Gasteiger partial charge in [-0.1, -0.05) is 12.1 Å². The number of rotatable bonds is 8. The average molecular weight is 369 g/mol. The second-order valence-corrected chi connectivity index (χ2v) is 5.98. The number of fused-ring (bicyclic) bond motifs is 1. The van der Waals surface area contributed by atoms with Crippen LogP contribution in [0, 0.1) is 0 Å². The van der Waals surface area contributed by atoms with Gasteiger partial charge in [-0.3, -0.25) is 13.9 Å². The van der Waals surface area contributed by atoms with E-state index in [0.717, 1.165) is 16.8 Å². The number of imidazole rings is 1. The Labute approximate surface area is 157 Å². The number of aromatic nitrogens is 2. The van der Waals surface area contributed by atoms with Gasteiger partial charge in [0.2, 0.25) is 5.91 Å². The molecule has 1 aromatic heterocycles. The molecule has 3 rings (SSSR count). The number of amides is 1. The largest absolute Gasteiger partial charge is 0.497 e. The quantitative estimate of drug-likeness (QED) is 0.617. The van der Waals surface area contributed by atoms with Gasteiger partial charge in [-0.2, -0.15) is 0 Å². The zero-order valence-electron chi connectivity index (χ0n) is 15.5. The van der Waals surface area contributed by atoms with Crippen LogP contribution in [0.2, 0.25) is 0 Å². The number of para-hydroxylation sites is 2. The summed E-state index contributed by atoms with van der Waals surface area (Å²) in [7, 11) is 1.61. The lowest BCUT2D eigenvalue weighted by atomic mass is 10.3. The van der Waals surface area contributed by atoms with E-state index in [0.29, 0.717) is 25.4 Å². The molecule has 1 amide bonds. The van der Waals surface area contributed by atoms with Crippen molar-refractivity contribution in [3.05, 3.63) is 59.0 Å². The second-order valence-electron chi connectivity index (χ2n) is 5.98. The van der Waals surface area contributed by atoms with Crippen LogP contribution in [0.15, 0.2) is 53.3 Å². The molecule has 1 heterocycles. The van der Waals surface area contributed by atoms with Crippen LogP contribution in [0.5, 0.6) is 11.5 Å². The minimum Gasteiger partial charge on any atom is -0.497 e. The van der Waals surface area contributed by atoms with E-state index in [1.54, 1.807) is 23.8 Å². The maximum absolute atomic E-state index is 12.5. The summed E-state index contributed by atoms with van der Waals surface area (Å²) in [5, 5.41) is 2.79. The Kier molecular flexibility index (Phi) is 5.80. The van der Waals surface area contributed by atoms with Gasteiger partial charge in [-0.15, -0.1) is 0 Å². The molecule has 142 valence electrons. The summed E-state index contributed by atoms with van der Waals surface area (Å²) in [6, 6.07) is 14.7. The first kappa shape index (κ1) is 18.6.